The second kappa shape index (κ2) is 4.08. The first-order valence-corrected chi connectivity index (χ1v) is 6.42. The van der Waals surface area contributed by atoms with Crippen LogP contribution in [-0.4, -0.2) is 14.8 Å². The number of thiophene rings is 1. The average Bonchev–Trinajstić information content (AvgIpc) is 2.95. The third kappa shape index (κ3) is 1.58. The lowest BCUT2D eigenvalue weighted by atomic mass is 10.2. The molecule has 3 rings (SSSR count). The van der Waals surface area contributed by atoms with E-state index in [2.05, 4.69) is 22.8 Å². The summed E-state index contributed by atoms with van der Waals surface area (Å²) < 4.78 is 2.89. The number of nitrogens with two attached hydrogens (primary N) is 1. The molecule has 18 heavy (non-hydrogen) atoms. The van der Waals surface area contributed by atoms with Crippen LogP contribution in [0.4, 0.5) is 5.69 Å². The van der Waals surface area contributed by atoms with Crippen molar-refractivity contribution in [3.05, 3.63) is 29.3 Å². The molecule has 0 saturated carbocycles. The molecular weight excluding hydrogens is 246 g/mol. The summed E-state index contributed by atoms with van der Waals surface area (Å²) in [7, 11) is 1.90. The predicted molar refractivity (Wildman–Crippen MR) is 74.4 cm³/mol. The molecule has 6 heteroatoms. The molecule has 0 amide bonds. The fourth-order valence-corrected chi connectivity index (χ4v) is 2.96. The van der Waals surface area contributed by atoms with E-state index in [-0.39, 0.29) is 0 Å². The summed E-state index contributed by atoms with van der Waals surface area (Å²) in [6.45, 7) is 2.05. The normalized spacial score (nSPS) is 11.1. The highest BCUT2D eigenvalue weighted by atomic mass is 32.1. The first-order chi connectivity index (χ1) is 8.70. The number of aryl methyl sites for hydroxylation is 2. The van der Waals surface area contributed by atoms with Gasteiger partial charge in [-0.15, -0.1) is 11.3 Å². The van der Waals surface area contributed by atoms with Gasteiger partial charge in [-0.25, -0.2) is 4.98 Å². The van der Waals surface area contributed by atoms with Crippen molar-refractivity contribution in [3.63, 3.8) is 0 Å². The molecule has 0 aliphatic heterocycles. The van der Waals surface area contributed by atoms with Crippen LogP contribution in [0.5, 0.6) is 0 Å². The summed E-state index contributed by atoms with van der Waals surface area (Å²) in [5.74, 6) is 5.59. The minimum atomic E-state index is 0.872. The molecule has 92 valence electrons. The summed E-state index contributed by atoms with van der Waals surface area (Å²) in [4.78, 5) is 4.70. The molecule has 0 unspecified atom stereocenters. The molecule has 0 radical (unpaired) electrons. The Hall–Kier alpha value is -1.92. The Kier molecular flexibility index (Phi) is 2.53. The smallest absolute Gasteiger partial charge is 0.0912 e. The van der Waals surface area contributed by atoms with Crippen molar-refractivity contribution in [3.8, 4) is 11.4 Å². The van der Waals surface area contributed by atoms with Gasteiger partial charge < -0.3 is 5.43 Å². The number of fused-ring (bicyclic) bond motifs is 1. The number of nitrogen functional groups attached to an aromatic ring is 1. The zero-order valence-corrected chi connectivity index (χ0v) is 11.0. The molecule has 0 spiro atoms. The monoisotopic (exact) mass is 259 g/mol. The molecular formula is C12H13N5S. The molecule has 5 nitrogen and oxygen atoms in total. The quantitative estimate of drug-likeness (QED) is 0.547. The number of nitrogens with zero attached hydrogens (tertiary/aromatic N) is 3. The lowest BCUT2D eigenvalue weighted by Crippen LogP contribution is -2.07. The van der Waals surface area contributed by atoms with E-state index in [1.807, 2.05) is 19.2 Å². The van der Waals surface area contributed by atoms with Crippen molar-refractivity contribution >= 4 is 27.2 Å². The number of anilines is 1. The van der Waals surface area contributed by atoms with Crippen molar-refractivity contribution in [2.24, 2.45) is 12.9 Å². The number of hydrogen-bond donors (Lipinski definition) is 2. The van der Waals surface area contributed by atoms with E-state index < -0.39 is 0 Å². The molecule has 3 N–H and O–H groups in total. The molecule has 0 saturated heterocycles. The van der Waals surface area contributed by atoms with Gasteiger partial charge in [-0.05, 0) is 30.0 Å². The Morgan fingerprint density at radius 3 is 2.94 bits per heavy atom. The zero-order chi connectivity index (χ0) is 12.7. The van der Waals surface area contributed by atoms with E-state index in [0.29, 0.717) is 0 Å². The highest BCUT2D eigenvalue weighted by molar-refractivity contribution is 7.18. The van der Waals surface area contributed by atoms with E-state index >= 15 is 0 Å². The van der Waals surface area contributed by atoms with Crippen LogP contribution in [0.1, 0.15) is 5.56 Å². The van der Waals surface area contributed by atoms with Gasteiger partial charge in [-0.1, -0.05) is 0 Å². The predicted octanol–water partition coefficient (Wildman–Crippen LogP) is 2.29. The standard InChI is InChI=1S/C12H13N5S/c1-7-6-18-12-9(16-13)5-8(15-11(7)12)10-3-4-14-17(10)2/h3-6H,13H2,1-2H3,(H,15,16). The lowest BCUT2D eigenvalue weighted by molar-refractivity contribution is 0.774. The van der Waals surface area contributed by atoms with Crippen molar-refractivity contribution in [2.45, 2.75) is 6.92 Å². The van der Waals surface area contributed by atoms with Crippen molar-refractivity contribution in [1.82, 2.24) is 14.8 Å². The van der Waals surface area contributed by atoms with Gasteiger partial charge in [0.15, 0.2) is 0 Å². The molecule has 3 aromatic heterocycles. The second-order valence-corrected chi connectivity index (χ2v) is 5.02. The van der Waals surface area contributed by atoms with Crippen LogP contribution in [0.2, 0.25) is 0 Å². The SMILES string of the molecule is Cc1csc2c(NN)cc(-c3ccnn3C)nc12. The maximum absolute atomic E-state index is 5.59. The van der Waals surface area contributed by atoms with Crippen LogP contribution < -0.4 is 11.3 Å². The molecule has 0 aliphatic rings. The van der Waals surface area contributed by atoms with Gasteiger partial charge in [0.1, 0.15) is 0 Å². The molecule has 0 bridgehead atoms. The summed E-state index contributed by atoms with van der Waals surface area (Å²) in [5.41, 5.74) is 7.64. The number of hydrogen-bond acceptors (Lipinski definition) is 5. The molecule has 0 atom stereocenters. The number of pyridine rings is 1. The van der Waals surface area contributed by atoms with Gasteiger partial charge in [-0.2, -0.15) is 5.10 Å². The number of aromatic nitrogens is 3. The number of hydrazine groups is 1. The van der Waals surface area contributed by atoms with Gasteiger partial charge in [0.25, 0.3) is 0 Å². The van der Waals surface area contributed by atoms with E-state index in [0.717, 1.165) is 32.9 Å². The van der Waals surface area contributed by atoms with Gasteiger partial charge >= 0.3 is 0 Å². The summed E-state index contributed by atoms with van der Waals surface area (Å²) >= 11 is 1.65. The Bertz CT molecular complexity index is 712. The van der Waals surface area contributed by atoms with Gasteiger partial charge in [0.05, 0.1) is 27.3 Å². The van der Waals surface area contributed by atoms with Crippen LogP contribution in [0.15, 0.2) is 23.7 Å². The van der Waals surface area contributed by atoms with Gasteiger partial charge in [-0.3, -0.25) is 10.5 Å². The van der Waals surface area contributed by atoms with Crippen LogP contribution in [-0.2, 0) is 7.05 Å². The van der Waals surface area contributed by atoms with Crippen LogP contribution in [0, 0.1) is 6.92 Å². The third-order valence-electron chi connectivity index (χ3n) is 2.94. The minimum Gasteiger partial charge on any atom is -0.323 e. The topological polar surface area (TPSA) is 68.8 Å². The molecule has 0 aromatic carbocycles. The highest BCUT2D eigenvalue weighted by Gasteiger charge is 2.12. The molecule has 3 aromatic rings. The Morgan fingerprint density at radius 1 is 1.44 bits per heavy atom. The van der Waals surface area contributed by atoms with Crippen LogP contribution in [0.25, 0.3) is 21.6 Å². The van der Waals surface area contributed by atoms with Crippen molar-refractivity contribution in [1.29, 1.82) is 0 Å². The lowest BCUT2D eigenvalue weighted by Gasteiger charge is -2.07. The maximum Gasteiger partial charge on any atom is 0.0912 e. The van der Waals surface area contributed by atoms with Gasteiger partial charge in [0.2, 0.25) is 0 Å². The Labute approximate surface area is 108 Å². The first kappa shape index (κ1) is 11.2. The van der Waals surface area contributed by atoms with Crippen molar-refractivity contribution < 1.29 is 0 Å². The van der Waals surface area contributed by atoms with E-state index in [9.17, 15) is 0 Å². The van der Waals surface area contributed by atoms with E-state index in [4.69, 9.17) is 10.8 Å². The number of rotatable bonds is 2. The zero-order valence-electron chi connectivity index (χ0n) is 10.1. The summed E-state index contributed by atoms with van der Waals surface area (Å²) in [6, 6.07) is 3.89. The van der Waals surface area contributed by atoms with E-state index in [1.54, 1.807) is 22.2 Å². The fraction of sp³-hybridized carbons (Fsp3) is 0.167. The average molecular weight is 259 g/mol. The Balaban J connectivity index is 2.31. The Morgan fingerprint density at radius 2 is 2.28 bits per heavy atom. The maximum atomic E-state index is 5.59. The molecule has 0 fully saturated rings. The van der Waals surface area contributed by atoms with Crippen LogP contribution in [0.3, 0.4) is 0 Å². The highest BCUT2D eigenvalue weighted by Crippen LogP contribution is 2.33. The van der Waals surface area contributed by atoms with E-state index in [1.165, 1.54) is 0 Å². The minimum absolute atomic E-state index is 0.872. The van der Waals surface area contributed by atoms with Crippen molar-refractivity contribution in [2.75, 3.05) is 5.43 Å². The van der Waals surface area contributed by atoms with Crippen LogP contribution >= 0.6 is 11.3 Å². The number of nitrogens with one attached hydrogen (secondary N) is 1. The summed E-state index contributed by atoms with van der Waals surface area (Å²) in [6.07, 6.45) is 1.76. The largest absolute Gasteiger partial charge is 0.323 e. The molecule has 0 aliphatic carbocycles. The fourth-order valence-electron chi connectivity index (χ4n) is 1.99. The second-order valence-electron chi connectivity index (χ2n) is 4.14. The third-order valence-corrected chi connectivity index (χ3v) is 4.06. The molecule has 3 heterocycles. The summed E-state index contributed by atoms with van der Waals surface area (Å²) in [5, 5.41) is 6.26. The first-order valence-electron chi connectivity index (χ1n) is 5.54. The van der Waals surface area contributed by atoms with Gasteiger partial charge in [0, 0.05) is 13.2 Å².